The van der Waals surface area contributed by atoms with Crippen molar-refractivity contribution >= 4 is 15.9 Å². The number of aryl methyl sites for hydroxylation is 1. The molecule has 0 N–H and O–H groups in total. The summed E-state index contributed by atoms with van der Waals surface area (Å²) < 4.78 is 2.69. The Kier molecular flexibility index (Phi) is 3.53. The smallest absolute Gasteiger partial charge is 0.250 e. The molecule has 1 heterocycles. The molecule has 0 radical (unpaired) electrons. The van der Waals surface area contributed by atoms with Gasteiger partial charge in [-0.15, -0.1) is 0 Å². The molecule has 66 valence electrons. The summed E-state index contributed by atoms with van der Waals surface area (Å²) in [5.41, 5.74) is 0.0756. The molecule has 0 saturated carbocycles. The van der Waals surface area contributed by atoms with Crippen LogP contribution in [0.4, 0.5) is 0 Å². The van der Waals surface area contributed by atoms with E-state index in [1.807, 2.05) is 6.20 Å². The van der Waals surface area contributed by atoms with Crippen molar-refractivity contribution in [2.24, 2.45) is 0 Å². The van der Waals surface area contributed by atoms with E-state index in [0.29, 0.717) is 0 Å². The molecule has 0 saturated heterocycles. The van der Waals surface area contributed by atoms with Crippen LogP contribution in [0.2, 0.25) is 0 Å². The molecule has 0 aliphatic rings. The van der Waals surface area contributed by atoms with Gasteiger partial charge in [0.2, 0.25) is 0 Å². The second kappa shape index (κ2) is 4.45. The third-order valence-corrected chi connectivity index (χ3v) is 2.17. The first-order valence-electron chi connectivity index (χ1n) is 4.10. The van der Waals surface area contributed by atoms with Crippen molar-refractivity contribution in [2.45, 2.75) is 26.3 Å². The molecule has 0 aliphatic heterocycles. The molecule has 0 aliphatic carbocycles. The Morgan fingerprint density at radius 3 is 2.92 bits per heavy atom. The summed E-state index contributed by atoms with van der Waals surface area (Å²) in [5.74, 6) is 0. The van der Waals surface area contributed by atoms with Gasteiger partial charge in [0, 0.05) is 23.3 Å². The monoisotopic (exact) mass is 229 g/mol. The van der Waals surface area contributed by atoms with Gasteiger partial charge in [0.25, 0.3) is 5.56 Å². The Balaban J connectivity index is 2.83. The SMILES string of the molecule is CCCCn1cc(Br)ccc1=O. The predicted molar refractivity (Wildman–Crippen MR) is 53.3 cm³/mol. The molecule has 1 aromatic rings. The molecule has 0 aromatic carbocycles. The van der Waals surface area contributed by atoms with Crippen LogP contribution >= 0.6 is 15.9 Å². The average molecular weight is 230 g/mol. The summed E-state index contributed by atoms with van der Waals surface area (Å²) in [6.07, 6.45) is 3.99. The minimum absolute atomic E-state index is 0.0756. The maximum Gasteiger partial charge on any atom is 0.250 e. The van der Waals surface area contributed by atoms with Crippen molar-refractivity contribution in [3.8, 4) is 0 Å². The molecule has 0 fully saturated rings. The van der Waals surface area contributed by atoms with Crippen LogP contribution in [0.5, 0.6) is 0 Å². The molecule has 0 amide bonds. The molecule has 1 aromatic heterocycles. The Morgan fingerprint density at radius 1 is 1.50 bits per heavy atom. The number of halogens is 1. The summed E-state index contributed by atoms with van der Waals surface area (Å²) in [4.78, 5) is 11.2. The minimum Gasteiger partial charge on any atom is -0.314 e. The van der Waals surface area contributed by atoms with Crippen LogP contribution in [0.25, 0.3) is 0 Å². The number of unbranched alkanes of at least 4 members (excludes halogenated alkanes) is 1. The average Bonchev–Trinajstić information content (AvgIpc) is 2.07. The summed E-state index contributed by atoms with van der Waals surface area (Å²) in [6, 6.07) is 3.35. The topological polar surface area (TPSA) is 22.0 Å². The van der Waals surface area contributed by atoms with Crippen LogP contribution in [-0.2, 0) is 6.54 Å². The van der Waals surface area contributed by atoms with Gasteiger partial charge in [-0.1, -0.05) is 13.3 Å². The highest BCUT2D eigenvalue weighted by atomic mass is 79.9. The quantitative estimate of drug-likeness (QED) is 0.781. The van der Waals surface area contributed by atoms with E-state index in [-0.39, 0.29) is 5.56 Å². The normalized spacial score (nSPS) is 10.2. The van der Waals surface area contributed by atoms with Gasteiger partial charge in [0.15, 0.2) is 0 Å². The molecule has 0 atom stereocenters. The van der Waals surface area contributed by atoms with Crippen molar-refractivity contribution in [3.63, 3.8) is 0 Å². The van der Waals surface area contributed by atoms with Crippen molar-refractivity contribution in [2.75, 3.05) is 0 Å². The number of pyridine rings is 1. The van der Waals surface area contributed by atoms with Gasteiger partial charge in [0.1, 0.15) is 0 Å². The Bertz CT molecular complexity index is 306. The Morgan fingerprint density at radius 2 is 2.25 bits per heavy atom. The van der Waals surface area contributed by atoms with Crippen LogP contribution in [0.3, 0.4) is 0 Å². The van der Waals surface area contributed by atoms with Gasteiger partial charge in [-0.25, -0.2) is 0 Å². The molecule has 1 rings (SSSR count). The van der Waals surface area contributed by atoms with E-state index in [9.17, 15) is 4.79 Å². The lowest BCUT2D eigenvalue weighted by Crippen LogP contribution is -2.17. The first-order chi connectivity index (χ1) is 5.74. The van der Waals surface area contributed by atoms with E-state index in [0.717, 1.165) is 23.9 Å². The number of aromatic nitrogens is 1. The Labute approximate surface area is 80.3 Å². The number of hydrogen-bond acceptors (Lipinski definition) is 1. The van der Waals surface area contributed by atoms with E-state index < -0.39 is 0 Å². The predicted octanol–water partition coefficient (Wildman–Crippen LogP) is 2.41. The standard InChI is InChI=1S/C9H12BrNO/c1-2-3-6-11-7-8(10)4-5-9(11)12/h4-5,7H,2-3,6H2,1H3. The molecule has 0 unspecified atom stereocenters. The van der Waals surface area contributed by atoms with Crippen molar-refractivity contribution < 1.29 is 0 Å². The second-order valence-electron chi connectivity index (χ2n) is 2.73. The van der Waals surface area contributed by atoms with Gasteiger partial charge < -0.3 is 4.57 Å². The highest BCUT2D eigenvalue weighted by molar-refractivity contribution is 9.10. The van der Waals surface area contributed by atoms with E-state index in [1.54, 1.807) is 16.7 Å². The van der Waals surface area contributed by atoms with Crippen LogP contribution in [0, 0.1) is 0 Å². The minimum atomic E-state index is 0.0756. The van der Waals surface area contributed by atoms with Gasteiger partial charge in [-0.2, -0.15) is 0 Å². The van der Waals surface area contributed by atoms with Crippen LogP contribution in [0.1, 0.15) is 19.8 Å². The summed E-state index contributed by atoms with van der Waals surface area (Å²) in [5, 5.41) is 0. The fourth-order valence-electron chi connectivity index (χ4n) is 1.01. The zero-order chi connectivity index (χ0) is 8.97. The highest BCUT2D eigenvalue weighted by Crippen LogP contribution is 2.05. The molecule has 2 nitrogen and oxygen atoms in total. The van der Waals surface area contributed by atoms with Gasteiger partial charge >= 0.3 is 0 Å². The zero-order valence-corrected chi connectivity index (χ0v) is 8.67. The number of rotatable bonds is 3. The first-order valence-corrected chi connectivity index (χ1v) is 4.89. The summed E-state index contributed by atoms with van der Waals surface area (Å²) in [7, 11) is 0. The fourth-order valence-corrected chi connectivity index (χ4v) is 1.38. The molecule has 3 heteroatoms. The third kappa shape index (κ3) is 2.48. The lowest BCUT2D eigenvalue weighted by atomic mass is 10.3. The number of nitrogens with zero attached hydrogens (tertiary/aromatic N) is 1. The van der Waals surface area contributed by atoms with Crippen LogP contribution < -0.4 is 5.56 Å². The van der Waals surface area contributed by atoms with Crippen LogP contribution in [-0.4, -0.2) is 4.57 Å². The maximum absolute atomic E-state index is 11.2. The van der Waals surface area contributed by atoms with Gasteiger partial charge in [-0.05, 0) is 28.4 Å². The van der Waals surface area contributed by atoms with Crippen molar-refractivity contribution in [1.29, 1.82) is 0 Å². The van der Waals surface area contributed by atoms with E-state index in [1.165, 1.54) is 0 Å². The summed E-state index contributed by atoms with van der Waals surface area (Å²) in [6.45, 7) is 2.93. The van der Waals surface area contributed by atoms with Gasteiger partial charge in [0.05, 0.1) is 0 Å². The van der Waals surface area contributed by atoms with Crippen LogP contribution in [0.15, 0.2) is 27.6 Å². The fraction of sp³-hybridized carbons (Fsp3) is 0.444. The zero-order valence-electron chi connectivity index (χ0n) is 7.09. The summed E-state index contributed by atoms with van der Waals surface area (Å²) >= 11 is 3.33. The highest BCUT2D eigenvalue weighted by Gasteiger charge is 1.94. The van der Waals surface area contributed by atoms with Gasteiger partial charge in [-0.3, -0.25) is 4.79 Å². The first kappa shape index (κ1) is 9.52. The number of hydrogen-bond donors (Lipinski definition) is 0. The third-order valence-electron chi connectivity index (χ3n) is 1.70. The Hall–Kier alpha value is -0.570. The van der Waals surface area contributed by atoms with Crippen molar-refractivity contribution in [1.82, 2.24) is 4.57 Å². The molecular formula is C9H12BrNO. The molecule has 0 spiro atoms. The largest absolute Gasteiger partial charge is 0.314 e. The lowest BCUT2D eigenvalue weighted by molar-refractivity contribution is 0.612. The lowest BCUT2D eigenvalue weighted by Gasteiger charge is -2.03. The van der Waals surface area contributed by atoms with Crippen molar-refractivity contribution in [3.05, 3.63) is 33.2 Å². The van der Waals surface area contributed by atoms with E-state index in [2.05, 4.69) is 22.9 Å². The molecular weight excluding hydrogens is 218 g/mol. The van der Waals surface area contributed by atoms with E-state index in [4.69, 9.17) is 0 Å². The van der Waals surface area contributed by atoms with E-state index >= 15 is 0 Å². The molecule has 0 bridgehead atoms. The second-order valence-corrected chi connectivity index (χ2v) is 3.65. The molecule has 12 heavy (non-hydrogen) atoms. The maximum atomic E-state index is 11.2.